The van der Waals surface area contributed by atoms with Crippen LogP contribution < -0.4 is 11.3 Å². The highest BCUT2D eigenvalue weighted by Crippen LogP contribution is 2.30. The molecule has 1 rings (SSSR count). The lowest BCUT2D eigenvalue weighted by atomic mass is 9.78. The molecule has 11 heavy (non-hydrogen) atoms. The number of rotatable bonds is 1. The third kappa shape index (κ3) is 1.70. The van der Waals surface area contributed by atoms with Gasteiger partial charge in [0.15, 0.2) is 0 Å². The van der Waals surface area contributed by atoms with Crippen LogP contribution in [-0.2, 0) is 0 Å². The van der Waals surface area contributed by atoms with Crippen LogP contribution in [0.25, 0.3) is 0 Å². The van der Waals surface area contributed by atoms with Gasteiger partial charge in [-0.3, -0.25) is 5.84 Å². The molecule has 1 aliphatic carbocycles. The molecule has 2 atom stereocenters. The van der Waals surface area contributed by atoms with Crippen LogP contribution in [0.15, 0.2) is 0 Å². The molecular weight excluding hydrogens is 138 g/mol. The normalized spacial score (nSPS) is 38.1. The molecule has 0 radical (unpaired) electrons. The summed E-state index contributed by atoms with van der Waals surface area (Å²) < 4.78 is 0. The van der Waals surface area contributed by atoms with Crippen LogP contribution in [0.3, 0.4) is 0 Å². The fourth-order valence-corrected chi connectivity index (χ4v) is 1.82. The van der Waals surface area contributed by atoms with E-state index < -0.39 is 5.54 Å². The number of nitrogens with zero attached hydrogens (tertiary/aromatic N) is 1. The second-order valence-electron chi connectivity index (χ2n) is 3.54. The van der Waals surface area contributed by atoms with Crippen molar-refractivity contribution < 1.29 is 0 Å². The first kappa shape index (κ1) is 8.51. The fraction of sp³-hybridized carbons (Fsp3) is 0.875. The van der Waals surface area contributed by atoms with E-state index in [0.29, 0.717) is 5.92 Å². The minimum absolute atomic E-state index is 0.433. The lowest BCUT2D eigenvalue weighted by Crippen LogP contribution is -2.50. The van der Waals surface area contributed by atoms with E-state index in [9.17, 15) is 0 Å². The molecule has 0 aromatic carbocycles. The molecule has 0 heterocycles. The van der Waals surface area contributed by atoms with Gasteiger partial charge in [0.05, 0.1) is 6.07 Å². The maximum absolute atomic E-state index is 8.87. The van der Waals surface area contributed by atoms with E-state index in [1.807, 2.05) is 0 Å². The summed E-state index contributed by atoms with van der Waals surface area (Å²) in [6.45, 7) is 2.17. The second-order valence-corrected chi connectivity index (χ2v) is 3.54. The summed E-state index contributed by atoms with van der Waals surface area (Å²) in [5.74, 6) is 5.96. The molecule has 3 nitrogen and oxygen atoms in total. The zero-order chi connectivity index (χ0) is 8.32. The lowest BCUT2D eigenvalue weighted by molar-refractivity contribution is 0.244. The van der Waals surface area contributed by atoms with E-state index in [1.54, 1.807) is 0 Å². The summed E-state index contributed by atoms with van der Waals surface area (Å²) >= 11 is 0. The van der Waals surface area contributed by atoms with Gasteiger partial charge in [0.25, 0.3) is 0 Å². The molecule has 1 aliphatic rings. The largest absolute Gasteiger partial charge is 0.270 e. The number of hydrogen-bond donors (Lipinski definition) is 2. The summed E-state index contributed by atoms with van der Waals surface area (Å²) in [4.78, 5) is 0. The number of nitrogens with one attached hydrogen (secondary N) is 1. The van der Waals surface area contributed by atoms with E-state index in [2.05, 4.69) is 18.4 Å². The molecule has 62 valence electrons. The van der Waals surface area contributed by atoms with Crippen molar-refractivity contribution in [3.63, 3.8) is 0 Å². The third-order valence-corrected chi connectivity index (χ3v) is 2.49. The zero-order valence-electron chi connectivity index (χ0n) is 6.93. The van der Waals surface area contributed by atoms with Gasteiger partial charge in [0.2, 0.25) is 0 Å². The van der Waals surface area contributed by atoms with Crippen LogP contribution in [0.1, 0.15) is 32.6 Å². The Balaban J connectivity index is 2.62. The molecule has 0 saturated heterocycles. The van der Waals surface area contributed by atoms with Crippen molar-refractivity contribution >= 4 is 0 Å². The molecule has 3 heteroatoms. The van der Waals surface area contributed by atoms with Crippen LogP contribution in [0.4, 0.5) is 0 Å². The molecule has 0 aromatic rings. The van der Waals surface area contributed by atoms with Gasteiger partial charge in [-0.25, -0.2) is 5.43 Å². The predicted octanol–water partition coefficient (Wildman–Crippen LogP) is 0.922. The molecule has 0 spiro atoms. The first-order chi connectivity index (χ1) is 5.22. The average molecular weight is 153 g/mol. The van der Waals surface area contributed by atoms with Gasteiger partial charge < -0.3 is 0 Å². The third-order valence-electron chi connectivity index (χ3n) is 2.49. The fourth-order valence-electron chi connectivity index (χ4n) is 1.82. The van der Waals surface area contributed by atoms with Gasteiger partial charge in [-0.05, 0) is 18.8 Å². The smallest absolute Gasteiger partial charge is 0.119 e. The molecular formula is C8H15N3. The van der Waals surface area contributed by atoms with Crippen LogP contribution in [-0.4, -0.2) is 5.54 Å². The van der Waals surface area contributed by atoms with Gasteiger partial charge in [0.1, 0.15) is 5.54 Å². The van der Waals surface area contributed by atoms with Crippen LogP contribution in [0, 0.1) is 17.2 Å². The summed E-state index contributed by atoms with van der Waals surface area (Å²) in [7, 11) is 0. The molecule has 3 N–H and O–H groups in total. The quantitative estimate of drug-likeness (QED) is 0.435. The van der Waals surface area contributed by atoms with Crippen molar-refractivity contribution in [1.82, 2.24) is 5.43 Å². The Morgan fingerprint density at radius 1 is 1.73 bits per heavy atom. The number of hydrogen-bond acceptors (Lipinski definition) is 3. The van der Waals surface area contributed by atoms with Crippen molar-refractivity contribution in [2.75, 3.05) is 0 Å². The van der Waals surface area contributed by atoms with Crippen LogP contribution >= 0.6 is 0 Å². The Morgan fingerprint density at radius 2 is 2.45 bits per heavy atom. The highest BCUT2D eigenvalue weighted by molar-refractivity contribution is 5.08. The topological polar surface area (TPSA) is 61.8 Å². The molecule has 2 unspecified atom stereocenters. The number of nitriles is 1. The average Bonchev–Trinajstić information content (AvgIpc) is 2.04. The van der Waals surface area contributed by atoms with E-state index in [-0.39, 0.29) is 0 Å². The Morgan fingerprint density at radius 3 is 2.82 bits per heavy atom. The molecule has 0 bridgehead atoms. The van der Waals surface area contributed by atoms with E-state index >= 15 is 0 Å². The van der Waals surface area contributed by atoms with Gasteiger partial charge in [-0.2, -0.15) is 5.26 Å². The monoisotopic (exact) mass is 153 g/mol. The second kappa shape index (κ2) is 3.21. The van der Waals surface area contributed by atoms with Gasteiger partial charge in [-0.15, -0.1) is 0 Å². The van der Waals surface area contributed by atoms with E-state index in [1.165, 1.54) is 6.42 Å². The SMILES string of the molecule is CC1CCCC(C#N)(NN)C1. The predicted molar refractivity (Wildman–Crippen MR) is 43.3 cm³/mol. The minimum atomic E-state index is -0.433. The van der Waals surface area contributed by atoms with Gasteiger partial charge in [0, 0.05) is 0 Å². The molecule has 1 fully saturated rings. The molecule has 0 aromatic heterocycles. The van der Waals surface area contributed by atoms with Gasteiger partial charge in [-0.1, -0.05) is 19.8 Å². The summed E-state index contributed by atoms with van der Waals surface area (Å²) in [6, 6.07) is 2.26. The Kier molecular flexibility index (Phi) is 2.48. The minimum Gasteiger partial charge on any atom is -0.270 e. The van der Waals surface area contributed by atoms with Crippen molar-refractivity contribution in [3.05, 3.63) is 0 Å². The standard InChI is InChI=1S/C8H15N3/c1-7-3-2-4-8(5-7,6-9)11-10/h7,11H,2-5,10H2,1H3. The summed E-state index contributed by atoms with van der Waals surface area (Å²) in [6.07, 6.45) is 4.12. The van der Waals surface area contributed by atoms with Crippen molar-refractivity contribution in [2.24, 2.45) is 11.8 Å². The molecule has 0 amide bonds. The van der Waals surface area contributed by atoms with Crippen molar-refractivity contribution in [1.29, 1.82) is 5.26 Å². The maximum Gasteiger partial charge on any atom is 0.119 e. The van der Waals surface area contributed by atoms with Crippen molar-refractivity contribution in [2.45, 2.75) is 38.1 Å². The first-order valence-corrected chi connectivity index (χ1v) is 4.11. The van der Waals surface area contributed by atoms with E-state index in [0.717, 1.165) is 19.3 Å². The first-order valence-electron chi connectivity index (χ1n) is 4.11. The number of hydrazine groups is 1. The maximum atomic E-state index is 8.87. The molecule has 0 aliphatic heterocycles. The van der Waals surface area contributed by atoms with Crippen LogP contribution in [0.5, 0.6) is 0 Å². The van der Waals surface area contributed by atoms with Crippen molar-refractivity contribution in [3.8, 4) is 6.07 Å². The van der Waals surface area contributed by atoms with Crippen LogP contribution in [0.2, 0.25) is 0 Å². The lowest BCUT2D eigenvalue weighted by Gasteiger charge is -2.33. The highest BCUT2D eigenvalue weighted by Gasteiger charge is 2.33. The van der Waals surface area contributed by atoms with E-state index in [4.69, 9.17) is 11.1 Å². The number of nitrogens with two attached hydrogens (primary N) is 1. The Hall–Kier alpha value is -0.590. The summed E-state index contributed by atoms with van der Waals surface area (Å²) in [5.41, 5.74) is 2.20. The Labute approximate surface area is 67.5 Å². The van der Waals surface area contributed by atoms with Gasteiger partial charge >= 0.3 is 0 Å². The molecule has 1 saturated carbocycles. The Bertz CT molecular complexity index is 173. The summed E-state index contributed by atoms with van der Waals surface area (Å²) in [5, 5.41) is 8.87. The zero-order valence-corrected chi connectivity index (χ0v) is 6.93. The highest BCUT2D eigenvalue weighted by atomic mass is 15.3.